The third-order valence-corrected chi connectivity index (χ3v) is 3.59. The van der Waals surface area contributed by atoms with Gasteiger partial charge in [0.2, 0.25) is 0 Å². The molecule has 2 aromatic rings. The van der Waals surface area contributed by atoms with Gasteiger partial charge in [0.1, 0.15) is 11.5 Å². The van der Waals surface area contributed by atoms with Crippen molar-refractivity contribution in [2.24, 2.45) is 0 Å². The van der Waals surface area contributed by atoms with Crippen molar-refractivity contribution in [1.82, 2.24) is 10.5 Å². The van der Waals surface area contributed by atoms with Crippen LogP contribution < -0.4 is 5.32 Å². The van der Waals surface area contributed by atoms with E-state index in [9.17, 15) is 4.39 Å². The van der Waals surface area contributed by atoms with Gasteiger partial charge in [-0.2, -0.15) is 0 Å². The van der Waals surface area contributed by atoms with Gasteiger partial charge in [-0.1, -0.05) is 30.1 Å². The molecular weight excluding hydrogens is 243 g/mol. The molecule has 1 unspecified atom stereocenters. The van der Waals surface area contributed by atoms with E-state index in [4.69, 9.17) is 4.52 Å². The maximum absolute atomic E-state index is 13.7. The highest BCUT2D eigenvalue weighted by Crippen LogP contribution is 2.28. The maximum Gasteiger partial charge on any atom is 0.170 e. The molecule has 1 aliphatic heterocycles. The molecule has 3 nitrogen and oxygen atoms in total. The minimum Gasteiger partial charge on any atom is -0.356 e. The molecule has 0 bridgehead atoms. The van der Waals surface area contributed by atoms with Crippen LogP contribution in [0.1, 0.15) is 37.4 Å². The number of hydrogen-bond donors (Lipinski definition) is 1. The lowest BCUT2D eigenvalue weighted by molar-refractivity contribution is 0.401. The molecule has 0 saturated carbocycles. The summed E-state index contributed by atoms with van der Waals surface area (Å²) in [6, 6.07) is 8.68. The topological polar surface area (TPSA) is 38.1 Å². The van der Waals surface area contributed by atoms with Crippen LogP contribution in [0.15, 0.2) is 34.9 Å². The zero-order valence-electron chi connectivity index (χ0n) is 10.7. The van der Waals surface area contributed by atoms with Crippen LogP contribution >= 0.6 is 0 Å². The Bertz CT molecular complexity index is 545. The molecular formula is C15H17FN2O. The second kappa shape index (κ2) is 5.53. The summed E-state index contributed by atoms with van der Waals surface area (Å²) in [7, 11) is 0. The maximum atomic E-state index is 13.7. The summed E-state index contributed by atoms with van der Waals surface area (Å²) >= 11 is 0. The summed E-state index contributed by atoms with van der Waals surface area (Å²) in [6.07, 6.45) is 4.71. The molecule has 3 rings (SSSR count). The third kappa shape index (κ3) is 2.68. The first-order valence-electron chi connectivity index (χ1n) is 6.79. The highest BCUT2D eigenvalue weighted by atomic mass is 19.1. The monoisotopic (exact) mass is 260 g/mol. The van der Waals surface area contributed by atoms with Gasteiger partial charge >= 0.3 is 0 Å². The van der Waals surface area contributed by atoms with Crippen molar-refractivity contribution in [3.8, 4) is 11.3 Å². The average Bonchev–Trinajstić information content (AvgIpc) is 2.75. The van der Waals surface area contributed by atoms with Crippen LogP contribution in [-0.2, 0) is 0 Å². The van der Waals surface area contributed by atoms with Gasteiger partial charge in [-0.15, -0.1) is 0 Å². The number of benzene rings is 1. The standard InChI is InChI=1S/C15H17FN2O/c16-12-7-4-3-6-11(12)15-10-14(18-19-15)13-8-2-1-5-9-17-13/h3-4,6-7,10,13,17H,1-2,5,8-9H2. The fraction of sp³-hybridized carbons (Fsp3) is 0.400. The van der Waals surface area contributed by atoms with E-state index in [1.54, 1.807) is 18.2 Å². The zero-order chi connectivity index (χ0) is 13.1. The van der Waals surface area contributed by atoms with E-state index < -0.39 is 0 Å². The number of hydrogen-bond acceptors (Lipinski definition) is 3. The summed E-state index contributed by atoms with van der Waals surface area (Å²) in [5, 5.41) is 7.56. The van der Waals surface area contributed by atoms with E-state index in [0.717, 1.165) is 18.7 Å². The van der Waals surface area contributed by atoms with E-state index in [2.05, 4.69) is 10.5 Å². The molecule has 1 fully saturated rings. The Morgan fingerprint density at radius 3 is 3.00 bits per heavy atom. The Kier molecular flexibility index (Phi) is 3.60. The second-order valence-corrected chi connectivity index (χ2v) is 4.95. The first-order chi connectivity index (χ1) is 9.34. The van der Waals surface area contributed by atoms with Crippen molar-refractivity contribution in [2.75, 3.05) is 6.54 Å². The molecule has 4 heteroatoms. The molecule has 1 aromatic heterocycles. The van der Waals surface area contributed by atoms with Crippen LogP contribution in [0, 0.1) is 5.82 Å². The van der Waals surface area contributed by atoms with Crippen LogP contribution in [0.4, 0.5) is 4.39 Å². The lowest BCUT2D eigenvalue weighted by Gasteiger charge is -2.11. The minimum atomic E-state index is -0.279. The predicted octanol–water partition coefficient (Wildman–Crippen LogP) is 3.69. The van der Waals surface area contributed by atoms with Crippen molar-refractivity contribution in [3.63, 3.8) is 0 Å². The van der Waals surface area contributed by atoms with Gasteiger partial charge in [0.05, 0.1) is 11.6 Å². The third-order valence-electron chi connectivity index (χ3n) is 3.59. The van der Waals surface area contributed by atoms with E-state index in [0.29, 0.717) is 11.3 Å². The molecule has 1 aliphatic rings. The van der Waals surface area contributed by atoms with Crippen molar-refractivity contribution < 1.29 is 8.91 Å². The number of aromatic nitrogens is 1. The van der Waals surface area contributed by atoms with Crippen molar-refractivity contribution in [3.05, 3.63) is 41.8 Å². The van der Waals surface area contributed by atoms with E-state index >= 15 is 0 Å². The van der Waals surface area contributed by atoms with Crippen molar-refractivity contribution >= 4 is 0 Å². The molecule has 0 aliphatic carbocycles. The fourth-order valence-electron chi connectivity index (χ4n) is 2.52. The predicted molar refractivity (Wildman–Crippen MR) is 71.1 cm³/mol. The smallest absolute Gasteiger partial charge is 0.170 e. The minimum absolute atomic E-state index is 0.228. The number of nitrogens with one attached hydrogen (secondary N) is 1. The van der Waals surface area contributed by atoms with E-state index in [1.165, 1.54) is 25.3 Å². The molecule has 0 spiro atoms. The van der Waals surface area contributed by atoms with Gasteiger partial charge in [-0.25, -0.2) is 4.39 Å². The first-order valence-corrected chi connectivity index (χ1v) is 6.79. The molecule has 100 valence electrons. The van der Waals surface area contributed by atoms with Gasteiger partial charge in [-0.05, 0) is 31.5 Å². The molecule has 1 atom stereocenters. The van der Waals surface area contributed by atoms with Gasteiger partial charge in [0.25, 0.3) is 0 Å². The van der Waals surface area contributed by atoms with Crippen molar-refractivity contribution in [2.45, 2.75) is 31.7 Å². The lowest BCUT2D eigenvalue weighted by atomic mass is 10.1. The Balaban J connectivity index is 1.85. The van der Waals surface area contributed by atoms with Crippen LogP contribution in [0.3, 0.4) is 0 Å². The average molecular weight is 260 g/mol. The highest BCUT2D eigenvalue weighted by molar-refractivity contribution is 5.58. The highest BCUT2D eigenvalue weighted by Gasteiger charge is 2.19. The number of halogens is 1. The lowest BCUT2D eigenvalue weighted by Crippen LogP contribution is -2.20. The molecule has 1 N–H and O–H groups in total. The SMILES string of the molecule is Fc1ccccc1-c1cc(C2CCCCCN2)no1. The van der Waals surface area contributed by atoms with Gasteiger partial charge in [0, 0.05) is 6.07 Å². The molecule has 19 heavy (non-hydrogen) atoms. The van der Waals surface area contributed by atoms with Gasteiger partial charge < -0.3 is 9.84 Å². The number of rotatable bonds is 2. The van der Waals surface area contributed by atoms with Crippen molar-refractivity contribution in [1.29, 1.82) is 0 Å². The zero-order valence-corrected chi connectivity index (χ0v) is 10.7. The summed E-state index contributed by atoms with van der Waals surface area (Å²) in [6.45, 7) is 1.01. The summed E-state index contributed by atoms with van der Waals surface area (Å²) in [5.41, 5.74) is 1.34. The van der Waals surface area contributed by atoms with Crippen LogP contribution in [0.2, 0.25) is 0 Å². The fourth-order valence-corrected chi connectivity index (χ4v) is 2.52. The van der Waals surface area contributed by atoms with Gasteiger partial charge in [-0.3, -0.25) is 0 Å². The summed E-state index contributed by atoms with van der Waals surface area (Å²) in [5.74, 6) is 0.221. The Morgan fingerprint density at radius 2 is 2.11 bits per heavy atom. The summed E-state index contributed by atoms with van der Waals surface area (Å²) in [4.78, 5) is 0. The van der Waals surface area contributed by atoms with E-state index in [-0.39, 0.29) is 11.9 Å². The Hall–Kier alpha value is -1.68. The number of nitrogens with zero attached hydrogens (tertiary/aromatic N) is 1. The normalized spacial score (nSPS) is 20.2. The molecule has 2 heterocycles. The molecule has 0 radical (unpaired) electrons. The van der Waals surface area contributed by atoms with Crippen LogP contribution in [-0.4, -0.2) is 11.7 Å². The first kappa shape index (κ1) is 12.4. The Morgan fingerprint density at radius 1 is 1.21 bits per heavy atom. The quantitative estimate of drug-likeness (QED) is 0.895. The summed E-state index contributed by atoms with van der Waals surface area (Å²) < 4.78 is 19.0. The second-order valence-electron chi connectivity index (χ2n) is 4.95. The molecule has 1 saturated heterocycles. The van der Waals surface area contributed by atoms with E-state index in [1.807, 2.05) is 6.07 Å². The molecule has 0 amide bonds. The van der Waals surface area contributed by atoms with Gasteiger partial charge in [0.15, 0.2) is 5.76 Å². The Labute approximate surface area is 111 Å². The van der Waals surface area contributed by atoms with Crippen LogP contribution in [0.25, 0.3) is 11.3 Å². The largest absolute Gasteiger partial charge is 0.356 e. The molecule has 1 aromatic carbocycles. The van der Waals surface area contributed by atoms with Crippen LogP contribution in [0.5, 0.6) is 0 Å².